The molecule has 25 heavy (non-hydrogen) atoms. The lowest BCUT2D eigenvalue weighted by Crippen LogP contribution is -2.17. The van der Waals surface area contributed by atoms with Crippen LogP contribution in [0.2, 0.25) is 0 Å². The van der Waals surface area contributed by atoms with Crippen molar-refractivity contribution in [3.8, 4) is 0 Å². The summed E-state index contributed by atoms with van der Waals surface area (Å²) in [5.74, 6) is 0. The zero-order valence-electron chi connectivity index (χ0n) is 13.8. The predicted molar refractivity (Wildman–Crippen MR) is 109 cm³/mol. The molecular formula is C21H17NOPS+. The van der Waals surface area contributed by atoms with E-state index in [-0.39, 0.29) is 0 Å². The summed E-state index contributed by atoms with van der Waals surface area (Å²) in [6.07, 6.45) is 1.84. The molecule has 1 aliphatic rings. The van der Waals surface area contributed by atoms with Gasteiger partial charge in [0.15, 0.2) is 6.26 Å². The molecule has 0 N–H and O–H groups in total. The molecule has 3 aromatic carbocycles. The number of rotatable bonds is 3. The molecule has 0 radical (unpaired) electrons. The first-order valence-electron chi connectivity index (χ1n) is 8.07. The molecule has 0 fully saturated rings. The van der Waals surface area contributed by atoms with Gasteiger partial charge in [-0.15, -0.1) is 0 Å². The van der Waals surface area contributed by atoms with Gasteiger partial charge in [-0.25, -0.2) is 0 Å². The summed E-state index contributed by atoms with van der Waals surface area (Å²) in [4.78, 5) is 2.22. The molecule has 0 amide bonds. The number of para-hydroxylation sites is 2. The minimum absolute atomic E-state index is 1.05. The third-order valence-electron chi connectivity index (χ3n) is 4.34. The van der Waals surface area contributed by atoms with E-state index in [4.69, 9.17) is 16.3 Å². The van der Waals surface area contributed by atoms with Gasteiger partial charge in [-0.3, -0.25) is 4.52 Å². The molecule has 1 heterocycles. The fourth-order valence-electron chi connectivity index (χ4n) is 3.10. The van der Waals surface area contributed by atoms with Crippen LogP contribution in [0.1, 0.15) is 11.1 Å². The van der Waals surface area contributed by atoms with E-state index in [2.05, 4.69) is 60.5 Å². The van der Waals surface area contributed by atoms with Gasteiger partial charge in [0.25, 0.3) is 0 Å². The molecule has 0 aromatic heterocycles. The van der Waals surface area contributed by atoms with Gasteiger partial charge < -0.3 is 4.90 Å². The molecule has 0 saturated heterocycles. The molecule has 2 nitrogen and oxygen atoms in total. The second kappa shape index (κ2) is 6.79. The number of fused-ring (bicyclic) bond motifs is 2. The fourth-order valence-corrected chi connectivity index (χ4v) is 4.33. The zero-order chi connectivity index (χ0) is 17.2. The molecule has 0 saturated carbocycles. The van der Waals surface area contributed by atoms with E-state index in [1.807, 2.05) is 36.6 Å². The van der Waals surface area contributed by atoms with Crippen LogP contribution in [0, 0.1) is 0 Å². The summed E-state index contributed by atoms with van der Waals surface area (Å²) < 4.78 is 6.02. The van der Waals surface area contributed by atoms with Crippen LogP contribution >= 0.6 is 6.92 Å². The minimum Gasteiger partial charge on any atom is -0.344 e. The van der Waals surface area contributed by atoms with Crippen LogP contribution in [0.25, 0.3) is 5.57 Å². The highest BCUT2D eigenvalue weighted by molar-refractivity contribution is 8.06. The Morgan fingerprint density at radius 1 is 0.800 bits per heavy atom. The topological polar surface area (TPSA) is 12.5 Å². The highest BCUT2D eigenvalue weighted by Crippen LogP contribution is 2.44. The number of hydrogen-bond acceptors (Lipinski definition) is 3. The van der Waals surface area contributed by atoms with E-state index in [1.54, 1.807) is 0 Å². The van der Waals surface area contributed by atoms with Gasteiger partial charge in [0, 0.05) is 35.1 Å². The van der Waals surface area contributed by atoms with Gasteiger partial charge in [0.05, 0.1) is 0 Å². The quantitative estimate of drug-likeness (QED) is 0.460. The summed E-state index contributed by atoms with van der Waals surface area (Å²) in [7, 11) is 2.10. The Morgan fingerprint density at radius 3 is 1.92 bits per heavy atom. The van der Waals surface area contributed by atoms with Crippen molar-refractivity contribution in [3.05, 3.63) is 96.3 Å². The van der Waals surface area contributed by atoms with Crippen LogP contribution < -0.4 is 10.2 Å². The molecule has 1 unspecified atom stereocenters. The maximum Gasteiger partial charge on any atom is 0.426 e. The van der Waals surface area contributed by atoms with E-state index >= 15 is 0 Å². The van der Waals surface area contributed by atoms with E-state index < -0.39 is 6.92 Å². The largest absolute Gasteiger partial charge is 0.426 e. The minimum atomic E-state index is -1.10. The van der Waals surface area contributed by atoms with Crippen LogP contribution in [0.5, 0.6) is 0 Å². The Balaban J connectivity index is 1.77. The molecule has 122 valence electrons. The molecule has 0 spiro atoms. The van der Waals surface area contributed by atoms with Gasteiger partial charge in [-0.1, -0.05) is 54.6 Å². The standard InChI is InChI=1S/C21H17NOPS/c1-22-20-13-7-5-11-17(20)19(18-12-6-8-14-21(18)22)15-23-24(25)16-9-3-2-4-10-16/h2-15H,1H3/q+1. The first-order chi connectivity index (χ1) is 12.3. The Bertz CT molecular complexity index is 919. The fraction of sp³-hybridized carbons (Fsp3) is 0.0476. The third-order valence-corrected chi connectivity index (χ3v) is 6.25. The smallest absolute Gasteiger partial charge is 0.344 e. The monoisotopic (exact) mass is 362 g/mol. The number of hydrogen-bond donors (Lipinski definition) is 0. The normalized spacial score (nSPS) is 12.9. The Morgan fingerprint density at radius 2 is 1.32 bits per heavy atom. The summed E-state index contributed by atoms with van der Waals surface area (Å²) in [5, 5.41) is 1.05. The Labute approximate surface area is 153 Å². The van der Waals surface area contributed by atoms with Gasteiger partial charge in [-0.2, -0.15) is 0 Å². The SMILES string of the molecule is CN1c2ccccc2C(=CO[P+](=S)c2ccccc2)c2ccccc21. The van der Waals surface area contributed by atoms with E-state index in [9.17, 15) is 0 Å². The molecule has 4 heteroatoms. The van der Waals surface area contributed by atoms with Crippen LogP contribution in [0.15, 0.2) is 85.1 Å². The summed E-state index contributed by atoms with van der Waals surface area (Å²) in [5.41, 5.74) is 5.75. The maximum absolute atomic E-state index is 6.02. The van der Waals surface area contributed by atoms with Crippen molar-refractivity contribution < 1.29 is 4.52 Å². The zero-order valence-corrected chi connectivity index (χ0v) is 15.5. The van der Waals surface area contributed by atoms with Crippen molar-refractivity contribution in [2.45, 2.75) is 0 Å². The van der Waals surface area contributed by atoms with Gasteiger partial charge in [-0.05, 0) is 24.3 Å². The van der Waals surface area contributed by atoms with Crippen LogP contribution in [-0.2, 0) is 16.3 Å². The van der Waals surface area contributed by atoms with E-state index in [1.165, 1.54) is 11.4 Å². The summed E-state index contributed by atoms with van der Waals surface area (Å²) in [6, 6.07) is 26.8. The lowest BCUT2D eigenvalue weighted by Gasteiger charge is -2.31. The van der Waals surface area contributed by atoms with Crippen molar-refractivity contribution in [1.82, 2.24) is 0 Å². The van der Waals surface area contributed by atoms with Crippen LogP contribution in [0.3, 0.4) is 0 Å². The first-order valence-corrected chi connectivity index (χ1v) is 10.3. The van der Waals surface area contributed by atoms with E-state index in [0.717, 1.165) is 22.0 Å². The molecular weight excluding hydrogens is 345 g/mol. The van der Waals surface area contributed by atoms with E-state index in [0.29, 0.717) is 0 Å². The molecule has 1 atom stereocenters. The van der Waals surface area contributed by atoms with Crippen molar-refractivity contribution in [2.24, 2.45) is 0 Å². The first kappa shape index (κ1) is 16.0. The van der Waals surface area contributed by atoms with Crippen molar-refractivity contribution in [3.63, 3.8) is 0 Å². The lowest BCUT2D eigenvalue weighted by molar-refractivity contribution is 0.558. The van der Waals surface area contributed by atoms with Crippen molar-refractivity contribution in [1.29, 1.82) is 0 Å². The predicted octanol–water partition coefficient (Wildman–Crippen LogP) is 5.36. The van der Waals surface area contributed by atoms with Gasteiger partial charge in [0.1, 0.15) is 0 Å². The summed E-state index contributed by atoms with van der Waals surface area (Å²) in [6.45, 7) is -1.10. The molecule has 0 bridgehead atoms. The average molecular weight is 362 g/mol. The maximum atomic E-state index is 6.02. The molecule has 4 rings (SSSR count). The molecule has 0 aliphatic carbocycles. The number of anilines is 2. The van der Waals surface area contributed by atoms with Gasteiger partial charge in [0.2, 0.25) is 17.1 Å². The Hall–Kier alpha value is -2.48. The van der Waals surface area contributed by atoms with Crippen molar-refractivity contribution >= 4 is 41.0 Å². The van der Waals surface area contributed by atoms with Gasteiger partial charge >= 0.3 is 6.92 Å². The number of benzene rings is 3. The third kappa shape index (κ3) is 2.97. The molecule has 3 aromatic rings. The second-order valence-corrected chi connectivity index (χ2v) is 8.06. The summed E-state index contributed by atoms with van der Waals surface area (Å²) >= 11 is 5.58. The lowest BCUT2D eigenvalue weighted by atomic mass is 9.91. The number of nitrogens with zero attached hydrogens (tertiary/aromatic N) is 1. The highest BCUT2D eigenvalue weighted by Gasteiger charge is 2.25. The van der Waals surface area contributed by atoms with Crippen LogP contribution in [0.4, 0.5) is 11.4 Å². The molecule has 1 aliphatic heterocycles. The van der Waals surface area contributed by atoms with Crippen molar-refractivity contribution in [2.75, 3.05) is 11.9 Å². The second-order valence-electron chi connectivity index (χ2n) is 5.82. The van der Waals surface area contributed by atoms with Crippen LogP contribution in [-0.4, -0.2) is 7.05 Å². The Kier molecular flexibility index (Phi) is 4.35. The average Bonchev–Trinajstić information content (AvgIpc) is 2.68. The highest BCUT2D eigenvalue weighted by atomic mass is 32.4.